The first-order valence-corrected chi connectivity index (χ1v) is 8.36. The van der Waals surface area contributed by atoms with E-state index in [1.54, 1.807) is 5.56 Å². The maximum absolute atomic E-state index is 3.67. The number of rotatable bonds is 7. The molecule has 20 heavy (non-hydrogen) atoms. The molecule has 1 fully saturated rings. The summed E-state index contributed by atoms with van der Waals surface area (Å²) in [6.45, 7) is 10.1. The molecule has 0 aliphatic carbocycles. The Bertz CT molecular complexity index is 394. The lowest BCUT2D eigenvalue weighted by Crippen LogP contribution is -2.33. The van der Waals surface area contributed by atoms with Crippen molar-refractivity contribution in [1.82, 2.24) is 10.6 Å². The average molecular weight is 274 g/mol. The SMILES string of the molecule is CCc1cc(CC)c(CNC[C@@H]2CCCN2)c(CC)c1. The van der Waals surface area contributed by atoms with E-state index >= 15 is 0 Å². The first kappa shape index (κ1) is 15.5. The van der Waals surface area contributed by atoms with E-state index in [9.17, 15) is 0 Å². The highest BCUT2D eigenvalue weighted by molar-refractivity contribution is 5.39. The molecule has 1 aliphatic rings. The third-order valence-electron chi connectivity index (χ3n) is 4.52. The summed E-state index contributed by atoms with van der Waals surface area (Å²) in [7, 11) is 0. The zero-order valence-corrected chi connectivity index (χ0v) is 13.4. The van der Waals surface area contributed by atoms with Crippen LogP contribution in [0.1, 0.15) is 55.9 Å². The number of hydrogen-bond acceptors (Lipinski definition) is 2. The van der Waals surface area contributed by atoms with E-state index in [1.807, 2.05) is 0 Å². The van der Waals surface area contributed by atoms with Crippen molar-refractivity contribution in [3.8, 4) is 0 Å². The topological polar surface area (TPSA) is 24.1 Å². The summed E-state index contributed by atoms with van der Waals surface area (Å²) < 4.78 is 0. The normalized spacial score (nSPS) is 18.6. The van der Waals surface area contributed by atoms with E-state index in [-0.39, 0.29) is 0 Å². The highest BCUT2D eigenvalue weighted by Gasteiger charge is 2.14. The second-order valence-electron chi connectivity index (χ2n) is 5.88. The van der Waals surface area contributed by atoms with E-state index < -0.39 is 0 Å². The lowest BCUT2D eigenvalue weighted by atomic mass is 9.93. The fourth-order valence-electron chi connectivity index (χ4n) is 3.23. The van der Waals surface area contributed by atoms with Crippen molar-refractivity contribution >= 4 is 0 Å². The van der Waals surface area contributed by atoms with Gasteiger partial charge in [-0.2, -0.15) is 0 Å². The summed E-state index contributed by atoms with van der Waals surface area (Å²) >= 11 is 0. The van der Waals surface area contributed by atoms with Crippen LogP contribution in [-0.2, 0) is 25.8 Å². The number of hydrogen-bond donors (Lipinski definition) is 2. The van der Waals surface area contributed by atoms with E-state index in [0.717, 1.165) is 32.4 Å². The number of nitrogens with one attached hydrogen (secondary N) is 2. The summed E-state index contributed by atoms with van der Waals surface area (Å²) in [6.07, 6.45) is 6.07. The van der Waals surface area contributed by atoms with Gasteiger partial charge in [0.1, 0.15) is 0 Å². The molecule has 112 valence electrons. The van der Waals surface area contributed by atoms with Crippen LogP contribution < -0.4 is 10.6 Å². The van der Waals surface area contributed by atoms with Crippen molar-refractivity contribution in [1.29, 1.82) is 0 Å². The van der Waals surface area contributed by atoms with Crippen LogP contribution in [-0.4, -0.2) is 19.1 Å². The van der Waals surface area contributed by atoms with Crippen molar-refractivity contribution in [2.24, 2.45) is 0 Å². The Kier molecular flexibility index (Phi) is 6.06. The van der Waals surface area contributed by atoms with Gasteiger partial charge < -0.3 is 10.6 Å². The van der Waals surface area contributed by atoms with Crippen LogP contribution in [0.15, 0.2) is 12.1 Å². The maximum atomic E-state index is 3.67. The third-order valence-corrected chi connectivity index (χ3v) is 4.52. The molecule has 1 saturated heterocycles. The Morgan fingerprint density at radius 3 is 2.30 bits per heavy atom. The molecule has 0 bridgehead atoms. The van der Waals surface area contributed by atoms with Gasteiger partial charge in [-0.3, -0.25) is 0 Å². The van der Waals surface area contributed by atoms with Crippen LogP contribution in [0.25, 0.3) is 0 Å². The van der Waals surface area contributed by atoms with Crippen LogP contribution in [0.5, 0.6) is 0 Å². The summed E-state index contributed by atoms with van der Waals surface area (Å²) in [6, 6.07) is 5.49. The molecule has 0 saturated carbocycles. The monoisotopic (exact) mass is 274 g/mol. The van der Waals surface area contributed by atoms with Gasteiger partial charge in [0.25, 0.3) is 0 Å². The smallest absolute Gasteiger partial charge is 0.0211 e. The fourth-order valence-corrected chi connectivity index (χ4v) is 3.23. The van der Waals surface area contributed by atoms with Crippen molar-refractivity contribution in [2.45, 2.75) is 65.5 Å². The Morgan fingerprint density at radius 2 is 1.80 bits per heavy atom. The van der Waals surface area contributed by atoms with Crippen LogP contribution in [0, 0.1) is 0 Å². The lowest BCUT2D eigenvalue weighted by Gasteiger charge is -2.18. The van der Waals surface area contributed by atoms with Gasteiger partial charge in [-0.25, -0.2) is 0 Å². The summed E-state index contributed by atoms with van der Waals surface area (Å²) in [5.41, 5.74) is 6.10. The van der Waals surface area contributed by atoms with E-state index in [1.165, 1.54) is 36.1 Å². The second kappa shape index (κ2) is 7.80. The third kappa shape index (κ3) is 3.83. The molecule has 2 rings (SSSR count). The van der Waals surface area contributed by atoms with Crippen molar-refractivity contribution in [2.75, 3.05) is 13.1 Å². The second-order valence-corrected chi connectivity index (χ2v) is 5.88. The Hall–Kier alpha value is -0.860. The van der Waals surface area contributed by atoms with Gasteiger partial charge in [0.15, 0.2) is 0 Å². The van der Waals surface area contributed by atoms with Gasteiger partial charge in [-0.15, -0.1) is 0 Å². The first-order chi connectivity index (χ1) is 9.78. The standard InChI is InChI=1S/C18H30N2/c1-4-14-10-15(5-2)18(16(6-3)11-14)13-19-12-17-8-7-9-20-17/h10-11,17,19-20H,4-9,12-13H2,1-3H3/t17-/m0/s1. The minimum Gasteiger partial charge on any atom is -0.313 e. The zero-order valence-electron chi connectivity index (χ0n) is 13.4. The predicted octanol–water partition coefficient (Wildman–Crippen LogP) is 3.22. The van der Waals surface area contributed by atoms with E-state index in [4.69, 9.17) is 0 Å². The van der Waals surface area contributed by atoms with Crippen molar-refractivity contribution < 1.29 is 0 Å². The van der Waals surface area contributed by atoms with E-state index in [0.29, 0.717) is 6.04 Å². The summed E-state index contributed by atoms with van der Waals surface area (Å²) in [5, 5.41) is 7.22. The molecule has 0 spiro atoms. The highest BCUT2D eigenvalue weighted by Crippen LogP contribution is 2.20. The number of aryl methyl sites for hydroxylation is 3. The van der Waals surface area contributed by atoms with E-state index in [2.05, 4.69) is 43.5 Å². The number of benzene rings is 1. The van der Waals surface area contributed by atoms with Gasteiger partial charge in [-0.1, -0.05) is 32.9 Å². The van der Waals surface area contributed by atoms with Crippen LogP contribution in [0.4, 0.5) is 0 Å². The van der Waals surface area contributed by atoms with Crippen molar-refractivity contribution in [3.63, 3.8) is 0 Å². The van der Waals surface area contributed by atoms with Gasteiger partial charge >= 0.3 is 0 Å². The highest BCUT2D eigenvalue weighted by atomic mass is 15.0. The van der Waals surface area contributed by atoms with Gasteiger partial charge in [0.2, 0.25) is 0 Å². The Labute approximate surface area is 124 Å². The molecule has 2 heteroatoms. The maximum Gasteiger partial charge on any atom is 0.0211 e. The molecule has 0 amide bonds. The molecule has 0 radical (unpaired) electrons. The van der Waals surface area contributed by atoms with Gasteiger partial charge in [0, 0.05) is 19.1 Å². The molecule has 1 heterocycles. The van der Waals surface area contributed by atoms with Crippen LogP contribution in [0.2, 0.25) is 0 Å². The minimum absolute atomic E-state index is 0.681. The average Bonchev–Trinajstić information content (AvgIpc) is 3.00. The lowest BCUT2D eigenvalue weighted by molar-refractivity contribution is 0.534. The molecule has 2 N–H and O–H groups in total. The molecule has 1 atom stereocenters. The van der Waals surface area contributed by atoms with Gasteiger partial charge in [-0.05, 0) is 60.9 Å². The Morgan fingerprint density at radius 1 is 1.10 bits per heavy atom. The molecule has 1 aromatic rings. The Balaban J connectivity index is 2.04. The molecular formula is C18H30N2. The molecule has 1 aromatic carbocycles. The predicted molar refractivity (Wildman–Crippen MR) is 87.3 cm³/mol. The molecule has 1 aliphatic heterocycles. The largest absolute Gasteiger partial charge is 0.313 e. The molecule has 2 nitrogen and oxygen atoms in total. The molecule has 0 unspecified atom stereocenters. The minimum atomic E-state index is 0.681. The molecule has 0 aromatic heterocycles. The fraction of sp³-hybridized carbons (Fsp3) is 0.667. The first-order valence-electron chi connectivity index (χ1n) is 8.36. The van der Waals surface area contributed by atoms with Crippen molar-refractivity contribution in [3.05, 3.63) is 34.4 Å². The summed E-state index contributed by atoms with van der Waals surface area (Å²) in [4.78, 5) is 0. The van der Waals surface area contributed by atoms with Gasteiger partial charge in [0.05, 0.1) is 0 Å². The summed E-state index contributed by atoms with van der Waals surface area (Å²) in [5.74, 6) is 0. The zero-order chi connectivity index (χ0) is 14.4. The van der Waals surface area contributed by atoms with Crippen LogP contribution in [0.3, 0.4) is 0 Å². The van der Waals surface area contributed by atoms with Crippen LogP contribution >= 0.6 is 0 Å². The molecular weight excluding hydrogens is 244 g/mol. The quantitative estimate of drug-likeness (QED) is 0.798.